The normalized spacial score (nSPS) is 26.8. The van der Waals surface area contributed by atoms with Gasteiger partial charge >= 0.3 is 6.01 Å². The Morgan fingerprint density at radius 1 is 1.25 bits per heavy atom. The number of carbonyl (C=O) groups is 1. The molecule has 1 N–H and O–H groups in total. The molecule has 2 saturated heterocycles. The van der Waals surface area contributed by atoms with Gasteiger partial charge in [0.1, 0.15) is 30.7 Å². The number of likely N-dealkylation sites (tertiary alicyclic amines) is 1. The molecule has 274 valence electrons. The average molecular weight is 713 g/mol. The van der Waals surface area contributed by atoms with Gasteiger partial charge in [-0.05, 0) is 57.2 Å². The van der Waals surface area contributed by atoms with Crippen molar-refractivity contribution in [1.82, 2.24) is 24.8 Å². The third-order valence-corrected chi connectivity index (χ3v) is 11.1. The summed E-state index contributed by atoms with van der Waals surface area (Å²) < 4.78 is 36.5. The number of benzene rings is 1. The number of carbonyl (C=O) groups excluding carboxylic acids is 1. The largest absolute Gasteiger partial charge is 0.461 e. The number of β-amino-alcohol motifs (C(OH)–C–C–N with tert-alkyl or cyclic N) is 1. The fraction of sp³-hybridized carbons (Fsp3) is 0.513. The van der Waals surface area contributed by atoms with Crippen LogP contribution in [0.4, 0.5) is 26.0 Å². The van der Waals surface area contributed by atoms with E-state index >= 15 is 4.39 Å². The van der Waals surface area contributed by atoms with Gasteiger partial charge in [-0.1, -0.05) is 18.6 Å². The van der Waals surface area contributed by atoms with E-state index < -0.39 is 23.1 Å². The minimum absolute atomic E-state index is 0.00785. The molecule has 7 rings (SSSR count). The third kappa shape index (κ3) is 6.76. The van der Waals surface area contributed by atoms with Crippen LogP contribution in [0.3, 0.4) is 0 Å². The first kappa shape index (κ1) is 35.6. The van der Waals surface area contributed by atoms with Gasteiger partial charge in [0.25, 0.3) is 0 Å². The lowest BCUT2D eigenvalue weighted by atomic mass is 9.84. The lowest BCUT2D eigenvalue weighted by Crippen LogP contribution is -2.53. The van der Waals surface area contributed by atoms with E-state index in [2.05, 4.69) is 32.3 Å². The number of aliphatic hydroxyl groups is 1. The number of rotatable bonds is 9. The monoisotopic (exact) mass is 712 g/mol. The highest BCUT2D eigenvalue weighted by molar-refractivity contribution is 5.87. The first-order chi connectivity index (χ1) is 24.9. The number of likely N-dealkylation sites (N-methyl/N-ethyl adjacent to an activating group) is 1. The molecule has 2 fully saturated rings. The van der Waals surface area contributed by atoms with Crippen LogP contribution in [0.25, 0.3) is 0 Å². The maximum absolute atomic E-state index is 15.1. The molecule has 52 heavy (non-hydrogen) atoms. The topological polar surface area (TPSA) is 111 Å². The van der Waals surface area contributed by atoms with E-state index in [9.17, 15) is 14.3 Å². The molecule has 13 heteroatoms. The maximum atomic E-state index is 15.1. The van der Waals surface area contributed by atoms with Crippen molar-refractivity contribution >= 4 is 23.1 Å². The minimum atomic E-state index is -1.06. The van der Waals surface area contributed by atoms with E-state index in [4.69, 9.17) is 21.1 Å². The van der Waals surface area contributed by atoms with Gasteiger partial charge in [0.2, 0.25) is 5.91 Å². The summed E-state index contributed by atoms with van der Waals surface area (Å²) in [6.45, 7) is 9.27. The fourth-order valence-corrected chi connectivity index (χ4v) is 8.75. The van der Waals surface area contributed by atoms with Crippen molar-refractivity contribution in [2.75, 3.05) is 54.5 Å². The highest BCUT2D eigenvalue weighted by atomic mass is 19.1. The quantitative estimate of drug-likeness (QED) is 0.258. The van der Waals surface area contributed by atoms with Crippen LogP contribution in [-0.4, -0.2) is 105 Å². The van der Waals surface area contributed by atoms with Gasteiger partial charge in [-0.2, -0.15) is 9.97 Å². The molecule has 0 unspecified atom stereocenters. The number of halogens is 2. The number of fused-ring (bicyclic) bond motifs is 2. The number of aromatic nitrogens is 4. The van der Waals surface area contributed by atoms with E-state index in [0.29, 0.717) is 56.0 Å². The van der Waals surface area contributed by atoms with Crippen LogP contribution in [-0.2, 0) is 24.1 Å². The molecular formula is C39H46F2N8O3. The molecule has 5 atom stereocenters. The van der Waals surface area contributed by atoms with E-state index in [1.807, 2.05) is 23.8 Å². The van der Waals surface area contributed by atoms with E-state index in [-0.39, 0.29) is 55.7 Å². The molecule has 5 heterocycles. The van der Waals surface area contributed by atoms with Crippen LogP contribution in [0, 0.1) is 18.2 Å². The van der Waals surface area contributed by atoms with Crippen molar-refractivity contribution in [3.8, 4) is 18.4 Å². The molecule has 1 aromatic carbocycles. The van der Waals surface area contributed by atoms with Crippen LogP contribution < -0.4 is 19.4 Å². The molecule has 4 aliphatic rings. The lowest BCUT2D eigenvalue weighted by Gasteiger charge is -2.46. The van der Waals surface area contributed by atoms with E-state index in [1.165, 1.54) is 18.5 Å². The predicted octanol–water partition coefficient (Wildman–Crippen LogP) is 4.06. The number of ether oxygens (including phenoxy) is 1. The number of alkyl halides is 1. The zero-order chi connectivity index (χ0) is 36.8. The molecule has 1 amide bonds. The average Bonchev–Trinajstić information content (AvgIpc) is 3.72. The Morgan fingerprint density at radius 3 is 2.79 bits per heavy atom. The van der Waals surface area contributed by atoms with Crippen molar-refractivity contribution in [2.45, 2.75) is 88.2 Å². The van der Waals surface area contributed by atoms with Crippen molar-refractivity contribution in [1.29, 1.82) is 0 Å². The van der Waals surface area contributed by atoms with Crippen molar-refractivity contribution in [3.05, 3.63) is 71.7 Å². The highest BCUT2D eigenvalue weighted by Crippen LogP contribution is 2.41. The Balaban J connectivity index is 1.22. The number of anilines is 3. The van der Waals surface area contributed by atoms with Crippen LogP contribution in [0.15, 0.2) is 43.5 Å². The first-order valence-electron chi connectivity index (χ1n) is 18.0. The molecular weight excluding hydrogens is 666 g/mol. The van der Waals surface area contributed by atoms with Crippen LogP contribution in [0.1, 0.15) is 61.9 Å². The van der Waals surface area contributed by atoms with Crippen LogP contribution >= 0.6 is 0 Å². The Morgan fingerprint density at radius 2 is 2.04 bits per heavy atom. The summed E-state index contributed by atoms with van der Waals surface area (Å²) in [5.74, 6) is 2.73. The second kappa shape index (κ2) is 14.0. The van der Waals surface area contributed by atoms with E-state index in [1.54, 1.807) is 25.4 Å². The first-order valence-corrected chi connectivity index (χ1v) is 18.0. The number of amides is 1. The van der Waals surface area contributed by atoms with Gasteiger partial charge in [-0.25, -0.2) is 18.7 Å². The molecule has 11 nitrogen and oxygen atoms in total. The zero-order valence-electron chi connectivity index (χ0n) is 30.1. The molecule has 0 bridgehead atoms. The molecule has 3 aromatic rings. The predicted molar refractivity (Wildman–Crippen MR) is 195 cm³/mol. The van der Waals surface area contributed by atoms with Crippen LogP contribution in [0.2, 0.25) is 0 Å². The molecule has 2 aromatic heterocycles. The van der Waals surface area contributed by atoms with Gasteiger partial charge in [0, 0.05) is 63.6 Å². The number of hydrogen-bond donors (Lipinski definition) is 1. The van der Waals surface area contributed by atoms with Crippen LogP contribution in [0.5, 0.6) is 6.01 Å². The van der Waals surface area contributed by atoms with Crippen molar-refractivity contribution in [2.24, 2.45) is 0 Å². The van der Waals surface area contributed by atoms with Gasteiger partial charge in [0.05, 0.1) is 52.7 Å². The van der Waals surface area contributed by atoms with Gasteiger partial charge in [-0.15, -0.1) is 6.42 Å². The number of nitrogens with zero attached hydrogens (tertiary/aromatic N) is 8. The summed E-state index contributed by atoms with van der Waals surface area (Å²) in [4.78, 5) is 38.8. The summed E-state index contributed by atoms with van der Waals surface area (Å²) in [7, 11) is 1.97. The number of terminal acetylenes is 1. The molecule has 3 aliphatic heterocycles. The zero-order valence-corrected chi connectivity index (χ0v) is 30.1. The Kier molecular flexibility index (Phi) is 9.54. The van der Waals surface area contributed by atoms with Crippen molar-refractivity contribution in [3.63, 3.8) is 0 Å². The van der Waals surface area contributed by atoms with E-state index in [0.717, 1.165) is 29.7 Å². The molecule has 0 spiro atoms. The minimum Gasteiger partial charge on any atom is -0.461 e. The summed E-state index contributed by atoms with van der Waals surface area (Å²) >= 11 is 0. The highest BCUT2D eigenvalue weighted by Gasteiger charge is 2.44. The Labute approximate surface area is 303 Å². The maximum Gasteiger partial charge on any atom is 0.318 e. The fourth-order valence-electron chi connectivity index (χ4n) is 8.75. The Hall–Kier alpha value is -4.83. The van der Waals surface area contributed by atoms with Gasteiger partial charge in [0.15, 0.2) is 0 Å². The second-order valence-electron chi connectivity index (χ2n) is 15.2. The van der Waals surface area contributed by atoms with Gasteiger partial charge < -0.3 is 29.4 Å². The Bertz CT molecular complexity index is 1890. The summed E-state index contributed by atoms with van der Waals surface area (Å²) in [5.41, 5.74) is 2.37. The second-order valence-corrected chi connectivity index (χ2v) is 15.2. The standard InChI is InChI=1S/C39H46F2N8O3/c1-6-30-32(41)13-10-25-16-39(4,51)22-48(35(25)30)27-11-12-31-33(15-27)44-37(45-36(31)46(5)21-28-9-8-14-47(28)34(50)7-2)52-23-38(3)17-26(40)20-49(38)29-18-42-24-43-19-29/h1,7,10,13,18-19,24,26-28,51H,2,8-9,11-12,14-17,20-23H2,3-5H3/t26-,27+,28+,38+,39+/m1/s1. The molecule has 1 aliphatic carbocycles. The van der Waals surface area contributed by atoms with Gasteiger partial charge in [-0.3, -0.25) is 4.79 Å². The summed E-state index contributed by atoms with van der Waals surface area (Å²) in [5, 5.41) is 11.3. The SMILES string of the molecule is C#Cc1c(F)ccc2c1N([C@H]1CCc3c(nc(OC[C@]4(C)C[C@@H](F)CN4c4cncnc4)nc3N(C)C[C@@H]3CCCN3C(=O)C=C)C1)C[C@@](C)(O)C2. The summed E-state index contributed by atoms with van der Waals surface area (Å²) in [6, 6.07) is 3.10. The summed E-state index contributed by atoms with van der Waals surface area (Å²) in [6.07, 6.45) is 15.1. The molecule has 0 radical (unpaired) electrons. The van der Waals surface area contributed by atoms with Crippen molar-refractivity contribution < 1.29 is 23.4 Å². The lowest BCUT2D eigenvalue weighted by molar-refractivity contribution is -0.126. The molecule has 0 saturated carbocycles. The third-order valence-electron chi connectivity index (χ3n) is 11.1. The smallest absolute Gasteiger partial charge is 0.318 e. The number of hydrogen-bond acceptors (Lipinski definition) is 10.